The maximum Gasteiger partial charge on any atom is 0.216 e. The monoisotopic (exact) mass is 460 g/mol. The van der Waals surface area contributed by atoms with Gasteiger partial charge in [0.05, 0.1) is 11.6 Å². The number of nitrogens with zero attached hydrogens (tertiary/aromatic N) is 1. The summed E-state index contributed by atoms with van der Waals surface area (Å²) in [6, 6.07) is 13.8. The molecular formula is C25H33ClN2O4. The van der Waals surface area contributed by atoms with Gasteiger partial charge in [-0.25, -0.2) is 0 Å². The molecule has 3 rings (SSSR count). The minimum atomic E-state index is -0.835. The lowest BCUT2D eigenvalue weighted by Crippen LogP contribution is -2.47. The van der Waals surface area contributed by atoms with Crippen molar-refractivity contribution in [2.45, 2.75) is 45.3 Å². The van der Waals surface area contributed by atoms with Crippen LogP contribution in [-0.2, 0) is 11.3 Å². The van der Waals surface area contributed by atoms with Gasteiger partial charge >= 0.3 is 0 Å². The van der Waals surface area contributed by atoms with Gasteiger partial charge < -0.3 is 19.9 Å². The number of aryl methyl sites for hydroxylation is 1. The summed E-state index contributed by atoms with van der Waals surface area (Å²) >= 11 is 6.20. The summed E-state index contributed by atoms with van der Waals surface area (Å²) in [5, 5.41) is 14.3. The van der Waals surface area contributed by atoms with Crippen LogP contribution in [0.25, 0.3) is 0 Å². The van der Waals surface area contributed by atoms with E-state index in [9.17, 15) is 9.90 Å². The van der Waals surface area contributed by atoms with Crippen LogP contribution < -0.4 is 14.8 Å². The van der Waals surface area contributed by atoms with E-state index >= 15 is 0 Å². The molecule has 1 saturated heterocycles. The fourth-order valence-electron chi connectivity index (χ4n) is 3.68. The number of amides is 1. The highest BCUT2D eigenvalue weighted by atomic mass is 35.5. The first-order valence-corrected chi connectivity index (χ1v) is 11.5. The highest BCUT2D eigenvalue weighted by molar-refractivity contribution is 6.32. The van der Waals surface area contributed by atoms with Crippen LogP contribution >= 0.6 is 11.6 Å². The third kappa shape index (κ3) is 7.69. The number of rotatable bonds is 10. The minimum absolute atomic E-state index is 0.0197. The molecule has 0 radical (unpaired) electrons. The zero-order valence-corrected chi connectivity index (χ0v) is 19.7. The normalized spacial score (nSPS) is 15.9. The summed E-state index contributed by atoms with van der Waals surface area (Å²) in [6.45, 7) is 7.39. The predicted octanol–water partition coefficient (Wildman–Crippen LogP) is 3.96. The highest BCUT2D eigenvalue weighted by Gasteiger charge is 2.33. The summed E-state index contributed by atoms with van der Waals surface area (Å²) in [5.41, 5.74) is 1.45. The molecule has 32 heavy (non-hydrogen) atoms. The van der Waals surface area contributed by atoms with Crippen molar-refractivity contribution in [2.75, 3.05) is 32.8 Å². The first-order valence-electron chi connectivity index (χ1n) is 11.1. The van der Waals surface area contributed by atoms with Crippen molar-refractivity contribution < 1.29 is 19.4 Å². The molecule has 0 saturated carbocycles. The molecule has 1 heterocycles. The topological polar surface area (TPSA) is 71.0 Å². The zero-order chi connectivity index (χ0) is 23.0. The second kappa shape index (κ2) is 11.5. The molecule has 0 spiro atoms. The summed E-state index contributed by atoms with van der Waals surface area (Å²) in [4.78, 5) is 13.2. The molecule has 1 amide bonds. The van der Waals surface area contributed by atoms with Crippen LogP contribution in [0.2, 0.25) is 5.02 Å². The van der Waals surface area contributed by atoms with E-state index in [4.69, 9.17) is 21.1 Å². The van der Waals surface area contributed by atoms with Crippen LogP contribution in [0.4, 0.5) is 0 Å². The van der Waals surface area contributed by atoms with Crippen LogP contribution in [0, 0.1) is 6.92 Å². The Bertz CT molecular complexity index is 880. The number of piperidine rings is 1. The van der Waals surface area contributed by atoms with Gasteiger partial charge in [-0.1, -0.05) is 29.8 Å². The van der Waals surface area contributed by atoms with Crippen LogP contribution in [-0.4, -0.2) is 54.4 Å². The summed E-state index contributed by atoms with van der Waals surface area (Å²) in [5.74, 6) is 1.44. The Kier molecular flexibility index (Phi) is 8.79. The number of carbonyl (C=O) groups excluding carboxylic acids is 1. The lowest BCUT2D eigenvalue weighted by Gasteiger charge is -2.38. The van der Waals surface area contributed by atoms with Crippen LogP contribution in [0.3, 0.4) is 0 Å². The first kappa shape index (κ1) is 24.4. The minimum Gasteiger partial charge on any atom is -0.494 e. The van der Waals surface area contributed by atoms with Gasteiger partial charge in [0, 0.05) is 33.1 Å². The molecular weight excluding hydrogens is 428 g/mol. The summed E-state index contributed by atoms with van der Waals surface area (Å²) in [7, 11) is 0. The van der Waals surface area contributed by atoms with Gasteiger partial charge in [0.15, 0.2) is 0 Å². The Balaban J connectivity index is 1.39. The van der Waals surface area contributed by atoms with Gasteiger partial charge in [0.2, 0.25) is 5.91 Å². The van der Waals surface area contributed by atoms with Crippen molar-refractivity contribution in [3.8, 4) is 11.5 Å². The van der Waals surface area contributed by atoms with Crippen LogP contribution in [0.1, 0.15) is 37.3 Å². The van der Waals surface area contributed by atoms with Gasteiger partial charge in [-0.3, -0.25) is 9.69 Å². The van der Waals surface area contributed by atoms with E-state index in [1.807, 2.05) is 37.3 Å². The average Bonchev–Trinajstić information content (AvgIpc) is 2.77. The number of likely N-dealkylation sites (tertiary alicyclic amines) is 1. The third-order valence-electron chi connectivity index (χ3n) is 5.66. The molecule has 1 aliphatic rings. The third-order valence-corrected chi connectivity index (χ3v) is 5.98. The molecule has 0 aromatic heterocycles. The summed E-state index contributed by atoms with van der Waals surface area (Å²) in [6.07, 6.45) is 2.09. The number of ether oxygens (including phenoxy) is 2. The Morgan fingerprint density at radius 3 is 2.56 bits per heavy atom. The molecule has 1 fully saturated rings. The van der Waals surface area contributed by atoms with E-state index in [0.717, 1.165) is 37.4 Å². The van der Waals surface area contributed by atoms with Crippen LogP contribution in [0.5, 0.6) is 11.5 Å². The van der Waals surface area contributed by atoms with Gasteiger partial charge in [-0.05, 0) is 61.6 Å². The fraction of sp³-hybridized carbons (Fsp3) is 0.480. The van der Waals surface area contributed by atoms with Crippen molar-refractivity contribution in [3.05, 3.63) is 58.6 Å². The van der Waals surface area contributed by atoms with E-state index in [1.54, 1.807) is 0 Å². The molecule has 174 valence electrons. The predicted molar refractivity (Wildman–Crippen MR) is 126 cm³/mol. The Hall–Kier alpha value is -2.28. The molecule has 0 unspecified atom stereocenters. The molecule has 1 aliphatic heterocycles. The highest BCUT2D eigenvalue weighted by Crippen LogP contribution is 2.29. The van der Waals surface area contributed by atoms with Gasteiger partial charge in [0.1, 0.15) is 23.7 Å². The maximum atomic E-state index is 10.9. The van der Waals surface area contributed by atoms with E-state index in [1.165, 1.54) is 12.5 Å². The van der Waals surface area contributed by atoms with E-state index < -0.39 is 5.60 Å². The van der Waals surface area contributed by atoms with Gasteiger partial charge in [-0.2, -0.15) is 0 Å². The lowest BCUT2D eigenvalue weighted by molar-refractivity contribution is -0.118. The molecule has 7 heteroatoms. The largest absolute Gasteiger partial charge is 0.494 e. The SMILES string of the molecule is CC(=O)NCCCOc1ccc(CN2CCC(O)(COc3cc(C)ccc3Cl)CC2)cc1. The quantitative estimate of drug-likeness (QED) is 0.525. The van der Waals surface area contributed by atoms with Crippen molar-refractivity contribution in [3.63, 3.8) is 0 Å². The Labute approximate surface area is 195 Å². The summed E-state index contributed by atoms with van der Waals surface area (Å²) < 4.78 is 11.6. The van der Waals surface area contributed by atoms with E-state index in [-0.39, 0.29) is 12.5 Å². The smallest absolute Gasteiger partial charge is 0.216 e. The zero-order valence-electron chi connectivity index (χ0n) is 18.9. The van der Waals surface area contributed by atoms with E-state index in [0.29, 0.717) is 36.8 Å². The van der Waals surface area contributed by atoms with Crippen molar-refractivity contribution in [1.82, 2.24) is 10.2 Å². The molecule has 0 aliphatic carbocycles. The molecule has 2 N–H and O–H groups in total. The maximum absolute atomic E-state index is 10.9. The lowest BCUT2D eigenvalue weighted by atomic mass is 9.92. The number of carbonyl (C=O) groups is 1. The first-order chi connectivity index (χ1) is 15.3. The van der Waals surface area contributed by atoms with Crippen LogP contribution in [0.15, 0.2) is 42.5 Å². The molecule has 2 aromatic rings. The number of hydrogen-bond donors (Lipinski definition) is 2. The molecule has 6 nitrogen and oxygen atoms in total. The second-order valence-corrected chi connectivity index (χ2v) is 8.96. The molecule has 2 aromatic carbocycles. The number of aliphatic hydroxyl groups is 1. The van der Waals surface area contributed by atoms with Crippen molar-refractivity contribution in [2.24, 2.45) is 0 Å². The Morgan fingerprint density at radius 1 is 1.16 bits per heavy atom. The molecule has 0 bridgehead atoms. The van der Waals surface area contributed by atoms with Crippen molar-refractivity contribution in [1.29, 1.82) is 0 Å². The van der Waals surface area contributed by atoms with E-state index in [2.05, 4.69) is 22.3 Å². The standard InChI is InChI=1S/C25H33ClN2O4/c1-19-4-9-23(26)24(16-19)32-18-25(30)10-13-28(14-11-25)17-21-5-7-22(8-6-21)31-15-3-12-27-20(2)29/h4-9,16,30H,3,10-15,17-18H2,1-2H3,(H,27,29). The number of halogens is 1. The number of benzene rings is 2. The second-order valence-electron chi connectivity index (χ2n) is 8.55. The van der Waals surface area contributed by atoms with Gasteiger partial charge in [0.25, 0.3) is 0 Å². The fourth-order valence-corrected chi connectivity index (χ4v) is 3.85. The average molecular weight is 461 g/mol. The number of hydrogen-bond acceptors (Lipinski definition) is 5. The van der Waals surface area contributed by atoms with Gasteiger partial charge in [-0.15, -0.1) is 0 Å². The van der Waals surface area contributed by atoms with Crippen molar-refractivity contribution >= 4 is 17.5 Å². The molecule has 0 atom stereocenters. The number of nitrogens with one attached hydrogen (secondary N) is 1. The Morgan fingerprint density at radius 2 is 1.88 bits per heavy atom.